The molecule has 1 aromatic heterocycles. The molecule has 1 heterocycles. The average molecular weight is 362 g/mol. The maximum atomic E-state index is 12.8. The molecule has 124 valence electrons. The Hall–Kier alpha value is -2.18. The quantitative estimate of drug-likeness (QED) is 0.692. The van der Waals surface area contributed by atoms with Gasteiger partial charge in [0.2, 0.25) is 11.7 Å². The minimum Gasteiger partial charge on any atom is -0.339 e. The molecule has 0 aliphatic carbocycles. The van der Waals surface area contributed by atoms with E-state index in [9.17, 15) is 4.21 Å². The highest BCUT2D eigenvalue weighted by Gasteiger charge is 2.08. The van der Waals surface area contributed by atoms with Crippen molar-refractivity contribution in [3.8, 4) is 11.4 Å². The van der Waals surface area contributed by atoms with Gasteiger partial charge in [0.1, 0.15) is 0 Å². The topological polar surface area (TPSA) is 68.3 Å². The number of aryl methyl sites for hydroxylation is 1. The Morgan fingerprint density at radius 1 is 1.21 bits per heavy atom. The Balaban J connectivity index is 1.86. The summed E-state index contributed by atoms with van der Waals surface area (Å²) >= 11 is 5.87. The molecule has 3 rings (SSSR count). The second-order valence-electron chi connectivity index (χ2n) is 5.38. The lowest BCUT2D eigenvalue weighted by Crippen LogP contribution is -1.98. The highest BCUT2D eigenvalue weighted by molar-refractivity contribution is 7.93. The van der Waals surface area contributed by atoms with Crippen LogP contribution in [0.25, 0.3) is 11.4 Å². The van der Waals surface area contributed by atoms with Crippen molar-refractivity contribution in [1.82, 2.24) is 10.1 Å². The van der Waals surface area contributed by atoms with Gasteiger partial charge in [0.05, 0.1) is 16.3 Å². The van der Waals surface area contributed by atoms with E-state index in [1.807, 2.05) is 24.3 Å². The van der Waals surface area contributed by atoms with Gasteiger partial charge in [-0.1, -0.05) is 35.0 Å². The number of hydrogen-bond acceptors (Lipinski definition) is 5. The SMILES string of the molecule is Cc1nc(-c2cccc(CN=S(C)(=O)c3ccc(Cl)cc3)c2)no1. The Bertz CT molecular complexity index is 974. The van der Waals surface area contributed by atoms with E-state index < -0.39 is 9.73 Å². The number of aromatic nitrogens is 2. The van der Waals surface area contributed by atoms with Crippen molar-refractivity contribution in [2.45, 2.75) is 18.4 Å². The van der Waals surface area contributed by atoms with Crippen LogP contribution in [0.5, 0.6) is 0 Å². The van der Waals surface area contributed by atoms with Gasteiger partial charge < -0.3 is 4.52 Å². The standard InChI is InChI=1S/C17H16ClN3O2S/c1-12-20-17(21-23-12)14-5-3-4-13(10-14)11-19-24(2,22)16-8-6-15(18)7-9-16/h3-10H,11H2,1-2H3. The summed E-state index contributed by atoms with van der Waals surface area (Å²) in [6, 6.07) is 14.6. The molecule has 7 heteroatoms. The van der Waals surface area contributed by atoms with Gasteiger partial charge in [-0.3, -0.25) is 0 Å². The molecule has 1 atom stereocenters. The summed E-state index contributed by atoms with van der Waals surface area (Å²) < 4.78 is 22.2. The molecule has 24 heavy (non-hydrogen) atoms. The first-order valence-electron chi connectivity index (χ1n) is 7.27. The first-order chi connectivity index (χ1) is 11.4. The molecule has 0 aliphatic rings. The van der Waals surface area contributed by atoms with Crippen molar-refractivity contribution in [3.05, 3.63) is 65.0 Å². The molecule has 2 aromatic carbocycles. The Kier molecular flexibility index (Phi) is 4.69. The fourth-order valence-corrected chi connectivity index (χ4v) is 3.50. The van der Waals surface area contributed by atoms with E-state index in [4.69, 9.17) is 16.1 Å². The summed E-state index contributed by atoms with van der Waals surface area (Å²) in [7, 11) is -2.48. The summed E-state index contributed by atoms with van der Waals surface area (Å²) in [6.45, 7) is 2.08. The zero-order chi connectivity index (χ0) is 17.2. The number of halogens is 1. The van der Waals surface area contributed by atoms with Crippen LogP contribution >= 0.6 is 11.6 Å². The van der Waals surface area contributed by atoms with Crippen LogP contribution in [0.2, 0.25) is 5.02 Å². The van der Waals surface area contributed by atoms with E-state index in [0.29, 0.717) is 28.2 Å². The van der Waals surface area contributed by atoms with E-state index in [2.05, 4.69) is 14.5 Å². The predicted molar refractivity (Wildman–Crippen MR) is 94.4 cm³/mol. The molecule has 0 N–H and O–H groups in total. The summed E-state index contributed by atoms with van der Waals surface area (Å²) in [5.74, 6) is 1.05. The molecule has 0 saturated carbocycles. The molecule has 0 amide bonds. The van der Waals surface area contributed by atoms with Gasteiger partial charge >= 0.3 is 0 Å². The van der Waals surface area contributed by atoms with E-state index in [1.54, 1.807) is 37.4 Å². The van der Waals surface area contributed by atoms with Crippen molar-refractivity contribution in [3.63, 3.8) is 0 Å². The van der Waals surface area contributed by atoms with E-state index in [-0.39, 0.29) is 0 Å². The minimum atomic E-state index is -2.48. The first-order valence-corrected chi connectivity index (χ1v) is 9.57. The fraction of sp³-hybridized carbons (Fsp3) is 0.176. The van der Waals surface area contributed by atoms with Crippen LogP contribution in [0.4, 0.5) is 0 Å². The molecule has 0 saturated heterocycles. The van der Waals surface area contributed by atoms with E-state index in [0.717, 1.165) is 11.1 Å². The minimum absolute atomic E-state index is 0.336. The lowest BCUT2D eigenvalue weighted by Gasteiger charge is -2.05. The molecule has 3 aromatic rings. The van der Waals surface area contributed by atoms with Crippen LogP contribution < -0.4 is 0 Å². The third kappa shape index (κ3) is 3.83. The lowest BCUT2D eigenvalue weighted by molar-refractivity contribution is 0.394. The van der Waals surface area contributed by atoms with Crippen molar-refractivity contribution >= 4 is 21.3 Å². The second-order valence-corrected chi connectivity index (χ2v) is 8.15. The zero-order valence-corrected chi connectivity index (χ0v) is 14.8. The van der Waals surface area contributed by atoms with E-state index >= 15 is 0 Å². The maximum absolute atomic E-state index is 12.8. The number of nitrogens with zero attached hydrogens (tertiary/aromatic N) is 3. The number of benzene rings is 2. The van der Waals surface area contributed by atoms with Crippen molar-refractivity contribution in [2.24, 2.45) is 4.36 Å². The molecule has 0 bridgehead atoms. The van der Waals surface area contributed by atoms with Crippen molar-refractivity contribution < 1.29 is 8.73 Å². The van der Waals surface area contributed by atoms with Crippen LogP contribution in [0.3, 0.4) is 0 Å². The molecule has 1 unspecified atom stereocenters. The zero-order valence-electron chi connectivity index (χ0n) is 13.3. The molecule has 0 radical (unpaired) electrons. The molecular formula is C17H16ClN3O2S. The van der Waals surface area contributed by atoms with Gasteiger partial charge in [-0.25, -0.2) is 8.57 Å². The molecule has 0 aliphatic heterocycles. The predicted octanol–water partition coefficient (Wildman–Crippen LogP) is 4.36. The highest BCUT2D eigenvalue weighted by atomic mass is 35.5. The summed E-state index contributed by atoms with van der Waals surface area (Å²) in [6.07, 6.45) is 1.63. The van der Waals surface area contributed by atoms with Crippen LogP contribution in [-0.2, 0) is 16.3 Å². The summed E-state index contributed by atoms with van der Waals surface area (Å²) in [5.41, 5.74) is 1.77. The number of rotatable bonds is 4. The Labute approximate surface area is 145 Å². The van der Waals surface area contributed by atoms with E-state index in [1.165, 1.54) is 0 Å². The van der Waals surface area contributed by atoms with Gasteiger partial charge in [0, 0.05) is 28.7 Å². The van der Waals surface area contributed by atoms with Crippen LogP contribution in [0, 0.1) is 6.92 Å². The molecule has 5 nitrogen and oxygen atoms in total. The highest BCUT2D eigenvalue weighted by Crippen LogP contribution is 2.20. The van der Waals surface area contributed by atoms with Crippen LogP contribution in [-0.4, -0.2) is 20.6 Å². The van der Waals surface area contributed by atoms with Gasteiger partial charge in [-0.2, -0.15) is 4.98 Å². The van der Waals surface area contributed by atoms with Gasteiger partial charge in [0.25, 0.3) is 0 Å². The average Bonchev–Trinajstić information content (AvgIpc) is 3.00. The second kappa shape index (κ2) is 6.75. The Morgan fingerprint density at radius 2 is 1.96 bits per heavy atom. The van der Waals surface area contributed by atoms with Crippen molar-refractivity contribution in [2.75, 3.05) is 6.26 Å². The molecular weight excluding hydrogens is 346 g/mol. The summed E-state index contributed by atoms with van der Waals surface area (Å²) in [4.78, 5) is 4.87. The summed E-state index contributed by atoms with van der Waals surface area (Å²) in [5, 5.41) is 4.51. The van der Waals surface area contributed by atoms with Crippen molar-refractivity contribution in [1.29, 1.82) is 0 Å². The number of hydrogen-bond donors (Lipinski definition) is 0. The maximum Gasteiger partial charge on any atom is 0.223 e. The van der Waals surface area contributed by atoms with Gasteiger partial charge in [0.15, 0.2) is 0 Å². The van der Waals surface area contributed by atoms with Crippen LogP contribution in [0.1, 0.15) is 11.5 Å². The normalized spacial score (nSPS) is 13.5. The monoisotopic (exact) mass is 361 g/mol. The third-order valence-electron chi connectivity index (χ3n) is 3.46. The lowest BCUT2D eigenvalue weighted by atomic mass is 10.1. The van der Waals surface area contributed by atoms with Crippen LogP contribution in [0.15, 0.2) is 62.3 Å². The smallest absolute Gasteiger partial charge is 0.223 e. The Morgan fingerprint density at radius 3 is 2.62 bits per heavy atom. The van der Waals surface area contributed by atoms with Gasteiger partial charge in [-0.15, -0.1) is 0 Å². The molecule has 0 spiro atoms. The molecule has 0 fully saturated rings. The first kappa shape index (κ1) is 16.7. The largest absolute Gasteiger partial charge is 0.339 e. The third-order valence-corrected chi connectivity index (χ3v) is 5.48. The van der Waals surface area contributed by atoms with Gasteiger partial charge in [-0.05, 0) is 35.9 Å². The fourth-order valence-electron chi connectivity index (χ4n) is 2.18.